The van der Waals surface area contributed by atoms with Crippen LogP contribution >= 0.6 is 11.3 Å². The van der Waals surface area contributed by atoms with Crippen LogP contribution in [0.2, 0.25) is 0 Å². The van der Waals surface area contributed by atoms with Crippen LogP contribution < -0.4 is 0 Å². The van der Waals surface area contributed by atoms with E-state index < -0.39 is 0 Å². The van der Waals surface area contributed by atoms with Gasteiger partial charge in [-0.25, -0.2) is 0 Å². The van der Waals surface area contributed by atoms with Crippen LogP contribution in [-0.4, -0.2) is 60.0 Å². The maximum atomic E-state index is 12.8. The fourth-order valence-corrected chi connectivity index (χ4v) is 4.23. The van der Waals surface area contributed by atoms with Crippen molar-refractivity contribution in [3.05, 3.63) is 22.4 Å². The molecule has 126 valence electrons. The van der Waals surface area contributed by atoms with E-state index in [-0.39, 0.29) is 29.9 Å². The minimum Gasteiger partial charge on any atom is -0.372 e. The first kappa shape index (κ1) is 16.5. The zero-order valence-corrected chi connectivity index (χ0v) is 14.6. The topological polar surface area (TPSA) is 49.9 Å². The Bertz CT molecular complexity index is 550. The van der Waals surface area contributed by atoms with E-state index in [4.69, 9.17) is 4.74 Å². The molecule has 3 unspecified atom stereocenters. The molecule has 0 bridgehead atoms. The van der Waals surface area contributed by atoms with E-state index in [1.807, 2.05) is 41.2 Å². The molecule has 6 heteroatoms. The van der Waals surface area contributed by atoms with Crippen molar-refractivity contribution in [2.45, 2.75) is 38.9 Å². The highest BCUT2D eigenvalue weighted by atomic mass is 32.1. The Morgan fingerprint density at radius 2 is 1.91 bits per heavy atom. The lowest BCUT2D eigenvalue weighted by atomic mass is 9.95. The number of nitrogens with zero attached hydrogens (tertiary/aromatic N) is 2. The van der Waals surface area contributed by atoms with E-state index in [9.17, 15) is 9.59 Å². The summed E-state index contributed by atoms with van der Waals surface area (Å²) in [5.41, 5.74) is 0. The summed E-state index contributed by atoms with van der Waals surface area (Å²) in [4.78, 5) is 29.8. The summed E-state index contributed by atoms with van der Waals surface area (Å²) in [5.74, 6) is 0.155. The van der Waals surface area contributed by atoms with Gasteiger partial charge in [0.25, 0.3) is 5.91 Å². The Hall–Kier alpha value is -1.40. The zero-order chi connectivity index (χ0) is 16.4. The first-order chi connectivity index (χ1) is 11.0. The van der Waals surface area contributed by atoms with Crippen molar-refractivity contribution in [1.82, 2.24) is 9.80 Å². The van der Waals surface area contributed by atoms with Gasteiger partial charge in [-0.3, -0.25) is 9.59 Å². The second-order valence-electron chi connectivity index (χ2n) is 6.57. The summed E-state index contributed by atoms with van der Waals surface area (Å²) in [6.45, 7) is 6.59. The van der Waals surface area contributed by atoms with Gasteiger partial charge in [0.1, 0.15) is 0 Å². The van der Waals surface area contributed by atoms with Crippen LogP contribution in [0.15, 0.2) is 17.5 Å². The van der Waals surface area contributed by atoms with Gasteiger partial charge in [0.05, 0.1) is 23.0 Å². The number of carbonyl (C=O) groups excluding carboxylic acids is 2. The molecule has 0 spiro atoms. The summed E-state index contributed by atoms with van der Waals surface area (Å²) < 4.78 is 5.71. The van der Waals surface area contributed by atoms with Crippen molar-refractivity contribution in [2.75, 3.05) is 26.2 Å². The molecular formula is C17H24N2O3S. The van der Waals surface area contributed by atoms with Crippen molar-refractivity contribution in [3.63, 3.8) is 0 Å². The van der Waals surface area contributed by atoms with Crippen molar-refractivity contribution >= 4 is 23.2 Å². The average molecular weight is 336 g/mol. The lowest BCUT2D eigenvalue weighted by Crippen LogP contribution is -2.53. The fraction of sp³-hybridized carbons (Fsp3) is 0.647. The van der Waals surface area contributed by atoms with Gasteiger partial charge in [0.15, 0.2) is 0 Å². The van der Waals surface area contributed by atoms with Crippen molar-refractivity contribution in [3.8, 4) is 0 Å². The van der Waals surface area contributed by atoms with E-state index in [1.165, 1.54) is 11.3 Å². The molecule has 1 aromatic heterocycles. The third-order valence-corrected chi connectivity index (χ3v) is 5.38. The van der Waals surface area contributed by atoms with Crippen LogP contribution in [0.5, 0.6) is 0 Å². The summed E-state index contributed by atoms with van der Waals surface area (Å²) in [5, 5.41) is 1.91. The molecule has 2 fully saturated rings. The van der Waals surface area contributed by atoms with Gasteiger partial charge in [0, 0.05) is 26.2 Å². The molecule has 3 rings (SSSR count). The largest absolute Gasteiger partial charge is 0.372 e. The van der Waals surface area contributed by atoms with Crippen LogP contribution in [-0.2, 0) is 9.53 Å². The second-order valence-corrected chi connectivity index (χ2v) is 7.52. The monoisotopic (exact) mass is 336 g/mol. The average Bonchev–Trinajstić information content (AvgIpc) is 3.07. The van der Waals surface area contributed by atoms with Gasteiger partial charge < -0.3 is 14.5 Å². The number of likely N-dealkylation sites (tertiary alicyclic amines) is 1. The molecule has 2 amide bonds. The Balaban J connectivity index is 1.64. The number of carbonyl (C=O) groups is 2. The van der Waals surface area contributed by atoms with Crippen LogP contribution in [0, 0.1) is 5.92 Å². The van der Waals surface area contributed by atoms with Gasteiger partial charge in [-0.15, -0.1) is 11.3 Å². The number of thiophene rings is 1. The highest BCUT2D eigenvalue weighted by Gasteiger charge is 2.34. The number of hydrogen-bond donors (Lipinski definition) is 0. The van der Waals surface area contributed by atoms with Crippen molar-refractivity contribution in [1.29, 1.82) is 0 Å². The standard InChI is InChI=1S/C17H24N2O3S/c1-12-9-19(10-13(2)22-12)16(20)14-5-3-7-18(11-14)17(21)15-6-4-8-23-15/h4,6,8,12-14H,3,5,7,9-11H2,1-2H3. The molecule has 0 aliphatic carbocycles. The number of rotatable bonds is 2. The van der Waals surface area contributed by atoms with E-state index in [2.05, 4.69) is 0 Å². The molecule has 2 aliphatic heterocycles. The Morgan fingerprint density at radius 1 is 1.17 bits per heavy atom. The number of ether oxygens (including phenoxy) is 1. The minimum absolute atomic E-state index is 0.0567. The molecule has 3 heterocycles. The summed E-state index contributed by atoms with van der Waals surface area (Å²) >= 11 is 1.46. The van der Waals surface area contributed by atoms with Gasteiger partial charge >= 0.3 is 0 Å². The Kier molecular flexibility index (Phi) is 5.02. The van der Waals surface area contributed by atoms with Gasteiger partial charge in [-0.05, 0) is 38.1 Å². The molecule has 0 saturated carbocycles. The van der Waals surface area contributed by atoms with E-state index >= 15 is 0 Å². The van der Waals surface area contributed by atoms with Gasteiger partial charge in [-0.1, -0.05) is 6.07 Å². The molecule has 2 aliphatic rings. The first-order valence-corrected chi connectivity index (χ1v) is 9.19. The lowest BCUT2D eigenvalue weighted by molar-refractivity contribution is -0.148. The van der Waals surface area contributed by atoms with Crippen LogP contribution in [0.4, 0.5) is 0 Å². The minimum atomic E-state index is -0.0786. The van der Waals surface area contributed by atoms with Crippen molar-refractivity contribution < 1.29 is 14.3 Å². The number of morpholine rings is 1. The van der Waals surface area contributed by atoms with E-state index in [0.29, 0.717) is 19.6 Å². The van der Waals surface area contributed by atoms with Crippen LogP contribution in [0.1, 0.15) is 36.4 Å². The second kappa shape index (κ2) is 7.01. The van der Waals surface area contributed by atoms with Gasteiger partial charge in [-0.2, -0.15) is 0 Å². The Labute approximate surface area is 141 Å². The number of amides is 2. The maximum absolute atomic E-state index is 12.8. The molecule has 3 atom stereocenters. The lowest BCUT2D eigenvalue weighted by Gasteiger charge is -2.39. The quantitative estimate of drug-likeness (QED) is 0.832. The predicted octanol–water partition coefficient (Wildman–Crippen LogP) is 2.24. The molecular weight excluding hydrogens is 312 g/mol. The number of piperidine rings is 1. The molecule has 0 N–H and O–H groups in total. The normalized spacial score (nSPS) is 28.7. The highest BCUT2D eigenvalue weighted by Crippen LogP contribution is 2.23. The van der Waals surface area contributed by atoms with E-state index in [0.717, 1.165) is 24.3 Å². The van der Waals surface area contributed by atoms with Gasteiger partial charge in [0.2, 0.25) is 5.91 Å². The number of hydrogen-bond acceptors (Lipinski definition) is 4. The van der Waals surface area contributed by atoms with E-state index in [1.54, 1.807) is 0 Å². The highest BCUT2D eigenvalue weighted by molar-refractivity contribution is 7.12. The fourth-order valence-electron chi connectivity index (χ4n) is 3.54. The predicted molar refractivity (Wildman–Crippen MR) is 89.5 cm³/mol. The molecule has 1 aromatic rings. The molecule has 0 radical (unpaired) electrons. The maximum Gasteiger partial charge on any atom is 0.263 e. The molecule has 5 nitrogen and oxygen atoms in total. The third-order valence-electron chi connectivity index (χ3n) is 4.52. The van der Waals surface area contributed by atoms with Crippen LogP contribution in [0.25, 0.3) is 0 Å². The SMILES string of the molecule is CC1CN(C(=O)C2CCCN(C(=O)c3cccs3)C2)CC(C)O1. The smallest absolute Gasteiger partial charge is 0.263 e. The molecule has 23 heavy (non-hydrogen) atoms. The summed E-state index contributed by atoms with van der Waals surface area (Å²) in [6, 6.07) is 3.74. The molecule has 0 aromatic carbocycles. The summed E-state index contributed by atoms with van der Waals surface area (Å²) in [7, 11) is 0. The van der Waals surface area contributed by atoms with Crippen molar-refractivity contribution in [2.24, 2.45) is 5.92 Å². The Morgan fingerprint density at radius 3 is 2.57 bits per heavy atom. The van der Waals surface area contributed by atoms with Crippen LogP contribution in [0.3, 0.4) is 0 Å². The zero-order valence-electron chi connectivity index (χ0n) is 13.7. The first-order valence-electron chi connectivity index (χ1n) is 8.31. The third kappa shape index (κ3) is 3.75. The molecule has 2 saturated heterocycles. The summed E-state index contributed by atoms with van der Waals surface area (Å²) in [6.07, 6.45) is 1.92.